The Hall–Kier alpha value is -1.22. The van der Waals surface area contributed by atoms with Crippen LogP contribution in [-0.2, 0) is 6.54 Å². The highest BCUT2D eigenvalue weighted by atomic mass is 16.5. The first-order chi connectivity index (χ1) is 9.19. The molecule has 106 valence electrons. The van der Waals surface area contributed by atoms with Gasteiger partial charge in [0, 0.05) is 18.2 Å². The molecule has 0 unspecified atom stereocenters. The zero-order chi connectivity index (χ0) is 13.7. The second kappa shape index (κ2) is 6.80. The summed E-state index contributed by atoms with van der Waals surface area (Å²) >= 11 is 0. The van der Waals surface area contributed by atoms with Gasteiger partial charge < -0.3 is 14.8 Å². The standard InChI is InChI=1S/C16H25NO2/c1-12(2)17-11-13-10-15(18-3)8-9-16(13)19-14-6-4-5-7-14/h8-10,12,14,17H,4-7,11H2,1-3H3. The fourth-order valence-electron chi connectivity index (χ4n) is 2.44. The van der Waals surface area contributed by atoms with Gasteiger partial charge in [0.05, 0.1) is 13.2 Å². The highest BCUT2D eigenvalue weighted by Crippen LogP contribution is 2.29. The van der Waals surface area contributed by atoms with Crippen LogP contribution in [0.1, 0.15) is 45.1 Å². The van der Waals surface area contributed by atoms with Gasteiger partial charge in [0.2, 0.25) is 0 Å². The third-order valence-corrected chi connectivity index (χ3v) is 3.56. The number of nitrogens with one attached hydrogen (secondary N) is 1. The minimum Gasteiger partial charge on any atom is -0.497 e. The second-order valence-electron chi connectivity index (χ2n) is 5.53. The van der Waals surface area contributed by atoms with Crippen LogP contribution in [0.4, 0.5) is 0 Å². The first-order valence-corrected chi connectivity index (χ1v) is 7.26. The molecule has 0 saturated heterocycles. The molecule has 1 fully saturated rings. The number of methoxy groups -OCH3 is 1. The van der Waals surface area contributed by atoms with Crippen molar-refractivity contribution in [3.05, 3.63) is 23.8 Å². The SMILES string of the molecule is COc1ccc(OC2CCCC2)c(CNC(C)C)c1. The summed E-state index contributed by atoms with van der Waals surface area (Å²) in [5, 5.41) is 3.44. The second-order valence-corrected chi connectivity index (χ2v) is 5.53. The Balaban J connectivity index is 2.09. The summed E-state index contributed by atoms with van der Waals surface area (Å²) in [7, 11) is 1.70. The summed E-state index contributed by atoms with van der Waals surface area (Å²) in [5.74, 6) is 1.89. The number of ether oxygens (including phenoxy) is 2. The van der Waals surface area contributed by atoms with Crippen molar-refractivity contribution in [1.82, 2.24) is 5.32 Å². The summed E-state index contributed by atoms with van der Waals surface area (Å²) in [4.78, 5) is 0. The summed E-state index contributed by atoms with van der Waals surface area (Å²) in [6.07, 6.45) is 5.35. The van der Waals surface area contributed by atoms with Crippen LogP contribution in [-0.4, -0.2) is 19.3 Å². The van der Waals surface area contributed by atoms with Crippen molar-refractivity contribution < 1.29 is 9.47 Å². The van der Waals surface area contributed by atoms with Crippen LogP contribution < -0.4 is 14.8 Å². The van der Waals surface area contributed by atoms with Gasteiger partial charge in [-0.3, -0.25) is 0 Å². The number of benzene rings is 1. The number of rotatable bonds is 6. The summed E-state index contributed by atoms with van der Waals surface area (Å²) in [6, 6.07) is 6.54. The van der Waals surface area contributed by atoms with E-state index in [0.717, 1.165) is 18.0 Å². The number of hydrogen-bond acceptors (Lipinski definition) is 3. The molecule has 0 aromatic heterocycles. The lowest BCUT2D eigenvalue weighted by atomic mass is 10.1. The molecule has 1 aliphatic rings. The molecule has 3 heteroatoms. The molecule has 0 radical (unpaired) electrons. The molecule has 0 atom stereocenters. The van der Waals surface area contributed by atoms with Gasteiger partial charge in [-0.15, -0.1) is 0 Å². The minimum atomic E-state index is 0.395. The van der Waals surface area contributed by atoms with E-state index in [2.05, 4.69) is 25.2 Å². The molecule has 1 aromatic rings. The maximum Gasteiger partial charge on any atom is 0.124 e. The average molecular weight is 263 g/mol. The summed E-state index contributed by atoms with van der Waals surface area (Å²) < 4.78 is 11.4. The highest BCUT2D eigenvalue weighted by molar-refractivity contribution is 5.40. The molecule has 1 aromatic carbocycles. The van der Waals surface area contributed by atoms with Gasteiger partial charge in [0.25, 0.3) is 0 Å². The molecule has 1 saturated carbocycles. The maximum atomic E-state index is 6.14. The highest BCUT2D eigenvalue weighted by Gasteiger charge is 2.18. The normalized spacial score (nSPS) is 16.0. The largest absolute Gasteiger partial charge is 0.497 e. The zero-order valence-electron chi connectivity index (χ0n) is 12.2. The predicted octanol–water partition coefficient (Wildman–Crippen LogP) is 3.51. The molecule has 2 rings (SSSR count). The lowest BCUT2D eigenvalue weighted by Crippen LogP contribution is -2.23. The molecular weight excluding hydrogens is 238 g/mol. The van der Waals surface area contributed by atoms with E-state index in [1.165, 1.54) is 31.2 Å². The van der Waals surface area contributed by atoms with Crippen LogP contribution in [0, 0.1) is 0 Å². The molecule has 0 amide bonds. The van der Waals surface area contributed by atoms with Crippen molar-refractivity contribution in [3.8, 4) is 11.5 Å². The zero-order valence-corrected chi connectivity index (χ0v) is 12.2. The van der Waals surface area contributed by atoms with Gasteiger partial charge in [-0.05, 0) is 43.9 Å². The van der Waals surface area contributed by atoms with Crippen LogP contribution in [0.25, 0.3) is 0 Å². The van der Waals surface area contributed by atoms with Crippen molar-refractivity contribution in [2.75, 3.05) is 7.11 Å². The molecule has 1 aliphatic carbocycles. The van der Waals surface area contributed by atoms with Gasteiger partial charge in [-0.25, -0.2) is 0 Å². The van der Waals surface area contributed by atoms with Crippen LogP contribution in [0.5, 0.6) is 11.5 Å². The lowest BCUT2D eigenvalue weighted by Gasteiger charge is -2.18. The van der Waals surface area contributed by atoms with Crippen molar-refractivity contribution in [3.63, 3.8) is 0 Å². The Morgan fingerprint density at radius 3 is 2.63 bits per heavy atom. The van der Waals surface area contributed by atoms with Crippen molar-refractivity contribution in [2.45, 2.75) is 58.2 Å². The fraction of sp³-hybridized carbons (Fsp3) is 0.625. The predicted molar refractivity (Wildman–Crippen MR) is 77.9 cm³/mol. The van der Waals surface area contributed by atoms with Crippen LogP contribution in [0.2, 0.25) is 0 Å². The third kappa shape index (κ3) is 4.13. The summed E-state index contributed by atoms with van der Waals surface area (Å²) in [5.41, 5.74) is 1.18. The van der Waals surface area contributed by atoms with Crippen molar-refractivity contribution in [1.29, 1.82) is 0 Å². The molecule has 3 nitrogen and oxygen atoms in total. The Bertz CT molecular complexity index is 398. The van der Waals surface area contributed by atoms with E-state index in [1.807, 2.05) is 12.1 Å². The maximum absolute atomic E-state index is 6.14. The van der Waals surface area contributed by atoms with E-state index in [4.69, 9.17) is 9.47 Å². The van der Waals surface area contributed by atoms with Crippen LogP contribution in [0.15, 0.2) is 18.2 Å². The fourth-order valence-corrected chi connectivity index (χ4v) is 2.44. The molecule has 0 heterocycles. The molecule has 19 heavy (non-hydrogen) atoms. The van der Waals surface area contributed by atoms with Gasteiger partial charge in [-0.2, -0.15) is 0 Å². The first-order valence-electron chi connectivity index (χ1n) is 7.26. The van der Waals surface area contributed by atoms with E-state index < -0.39 is 0 Å². The summed E-state index contributed by atoms with van der Waals surface area (Å²) in [6.45, 7) is 5.12. The van der Waals surface area contributed by atoms with Crippen LogP contribution >= 0.6 is 0 Å². The minimum absolute atomic E-state index is 0.395. The first kappa shape index (κ1) is 14.2. The lowest BCUT2D eigenvalue weighted by molar-refractivity contribution is 0.207. The molecule has 0 spiro atoms. The van der Waals surface area contributed by atoms with Gasteiger partial charge >= 0.3 is 0 Å². The van der Waals surface area contributed by atoms with Gasteiger partial charge in [0.1, 0.15) is 11.5 Å². The molecule has 1 N–H and O–H groups in total. The quantitative estimate of drug-likeness (QED) is 0.852. The van der Waals surface area contributed by atoms with E-state index in [-0.39, 0.29) is 0 Å². The van der Waals surface area contributed by atoms with E-state index in [9.17, 15) is 0 Å². The van der Waals surface area contributed by atoms with Crippen molar-refractivity contribution >= 4 is 0 Å². The molecule has 0 aliphatic heterocycles. The topological polar surface area (TPSA) is 30.5 Å². The molecular formula is C16H25NO2. The Labute approximate surface area is 116 Å². The monoisotopic (exact) mass is 263 g/mol. The molecule has 0 bridgehead atoms. The van der Waals surface area contributed by atoms with E-state index in [1.54, 1.807) is 7.11 Å². The number of hydrogen-bond donors (Lipinski definition) is 1. The van der Waals surface area contributed by atoms with Gasteiger partial charge in [0.15, 0.2) is 0 Å². The Morgan fingerprint density at radius 1 is 1.26 bits per heavy atom. The van der Waals surface area contributed by atoms with E-state index in [0.29, 0.717) is 12.1 Å². The van der Waals surface area contributed by atoms with Crippen LogP contribution in [0.3, 0.4) is 0 Å². The average Bonchev–Trinajstić information content (AvgIpc) is 2.90. The van der Waals surface area contributed by atoms with E-state index >= 15 is 0 Å². The Morgan fingerprint density at radius 2 is 2.00 bits per heavy atom. The smallest absolute Gasteiger partial charge is 0.124 e. The third-order valence-electron chi connectivity index (χ3n) is 3.56. The van der Waals surface area contributed by atoms with Gasteiger partial charge in [-0.1, -0.05) is 13.8 Å². The Kier molecular flexibility index (Phi) is 5.08. The van der Waals surface area contributed by atoms with Crippen molar-refractivity contribution in [2.24, 2.45) is 0 Å².